The second-order valence-corrected chi connectivity index (χ2v) is 11.8. The third kappa shape index (κ3) is 4.43. The molecule has 0 N–H and O–H groups in total. The van der Waals surface area contributed by atoms with E-state index in [1.165, 1.54) is 43.8 Å². The van der Waals surface area contributed by atoms with Crippen molar-refractivity contribution in [1.29, 1.82) is 0 Å². The Morgan fingerprint density at radius 1 is 0.326 bits per heavy atom. The average molecular weight is 588 g/mol. The molecule has 9 rings (SSSR count). The summed E-state index contributed by atoms with van der Waals surface area (Å²) in [6.07, 6.45) is 0. The number of hydrogen-bond acceptors (Lipinski definition) is 2. The van der Waals surface area contributed by atoms with Crippen molar-refractivity contribution in [3.8, 4) is 22.3 Å². The van der Waals surface area contributed by atoms with Crippen molar-refractivity contribution in [2.75, 3.05) is 4.90 Å². The first-order chi connectivity index (χ1) is 22.8. The van der Waals surface area contributed by atoms with Crippen LogP contribution >= 0.6 is 0 Å². The molecule has 0 saturated carbocycles. The topological polar surface area (TPSA) is 16.4 Å². The van der Waals surface area contributed by atoms with Crippen molar-refractivity contribution in [1.82, 2.24) is 0 Å². The van der Waals surface area contributed by atoms with Gasteiger partial charge in [-0.15, -0.1) is 0 Å². The number of furan rings is 1. The predicted molar refractivity (Wildman–Crippen MR) is 194 cm³/mol. The molecule has 0 amide bonds. The standard InChI is InChI=1S/C44H29NO/c1-2-11-30(12-3-1)32-14-10-15-33(27-32)31-21-23-35(24-22-31)45(36-25-26-41-40-19-8-9-20-43(40)46-44(41)29-36)42-28-34-13-4-5-16-37(34)38-17-6-7-18-39(38)42/h1-29H. The van der Waals surface area contributed by atoms with Gasteiger partial charge in [0.1, 0.15) is 11.2 Å². The smallest absolute Gasteiger partial charge is 0.137 e. The van der Waals surface area contributed by atoms with Crippen molar-refractivity contribution in [2.24, 2.45) is 0 Å². The molecule has 2 heteroatoms. The van der Waals surface area contributed by atoms with Crippen LogP contribution in [0.15, 0.2) is 180 Å². The van der Waals surface area contributed by atoms with Crippen molar-refractivity contribution in [3.63, 3.8) is 0 Å². The fourth-order valence-electron chi connectivity index (χ4n) is 6.81. The zero-order valence-electron chi connectivity index (χ0n) is 25.1. The summed E-state index contributed by atoms with van der Waals surface area (Å²) in [6, 6.07) is 62.8. The van der Waals surface area contributed by atoms with Crippen molar-refractivity contribution in [2.45, 2.75) is 0 Å². The first-order valence-electron chi connectivity index (χ1n) is 15.7. The van der Waals surface area contributed by atoms with Gasteiger partial charge in [0.2, 0.25) is 0 Å². The molecule has 0 bridgehead atoms. The number of para-hydroxylation sites is 1. The monoisotopic (exact) mass is 587 g/mol. The van der Waals surface area contributed by atoms with E-state index < -0.39 is 0 Å². The molecule has 9 aromatic rings. The van der Waals surface area contributed by atoms with E-state index in [2.05, 4.69) is 169 Å². The molecule has 0 fully saturated rings. The van der Waals surface area contributed by atoms with Gasteiger partial charge in [-0.25, -0.2) is 0 Å². The van der Waals surface area contributed by atoms with Crippen LogP contribution in [0.5, 0.6) is 0 Å². The molecule has 0 radical (unpaired) electrons. The summed E-state index contributed by atoms with van der Waals surface area (Å²) in [7, 11) is 0. The summed E-state index contributed by atoms with van der Waals surface area (Å²) in [4.78, 5) is 2.37. The van der Waals surface area contributed by atoms with Crippen molar-refractivity contribution in [3.05, 3.63) is 176 Å². The number of nitrogens with zero attached hydrogens (tertiary/aromatic N) is 1. The Bertz CT molecular complexity index is 2530. The largest absolute Gasteiger partial charge is 0.456 e. The highest BCUT2D eigenvalue weighted by molar-refractivity contribution is 6.15. The summed E-state index contributed by atoms with van der Waals surface area (Å²) in [5.41, 5.74) is 9.84. The zero-order valence-corrected chi connectivity index (χ0v) is 25.1. The van der Waals surface area contributed by atoms with Gasteiger partial charge in [0.15, 0.2) is 0 Å². The summed E-state index contributed by atoms with van der Waals surface area (Å²) in [5.74, 6) is 0. The van der Waals surface area contributed by atoms with E-state index in [0.29, 0.717) is 0 Å². The van der Waals surface area contributed by atoms with Crippen LogP contribution in [-0.4, -0.2) is 0 Å². The van der Waals surface area contributed by atoms with Gasteiger partial charge in [0.05, 0.1) is 5.69 Å². The van der Waals surface area contributed by atoms with Gasteiger partial charge in [-0.1, -0.05) is 127 Å². The van der Waals surface area contributed by atoms with Gasteiger partial charge in [-0.3, -0.25) is 0 Å². The van der Waals surface area contributed by atoms with Crippen LogP contribution < -0.4 is 4.90 Å². The summed E-state index contributed by atoms with van der Waals surface area (Å²) in [5, 5.41) is 7.15. The fraction of sp³-hybridized carbons (Fsp3) is 0. The molecular formula is C44H29NO. The number of rotatable bonds is 5. The minimum atomic E-state index is 0.878. The van der Waals surface area contributed by atoms with E-state index in [0.717, 1.165) is 39.0 Å². The molecule has 0 aliphatic carbocycles. The molecule has 0 atom stereocenters. The Labute approximate surface area is 267 Å². The Kier molecular flexibility index (Phi) is 6.17. The number of hydrogen-bond donors (Lipinski definition) is 0. The number of fused-ring (bicyclic) bond motifs is 6. The average Bonchev–Trinajstić information content (AvgIpc) is 3.50. The second-order valence-electron chi connectivity index (χ2n) is 11.8. The van der Waals surface area contributed by atoms with E-state index in [9.17, 15) is 0 Å². The highest BCUT2D eigenvalue weighted by atomic mass is 16.3. The maximum Gasteiger partial charge on any atom is 0.137 e. The lowest BCUT2D eigenvalue weighted by Crippen LogP contribution is -2.10. The molecule has 8 aromatic carbocycles. The first-order valence-corrected chi connectivity index (χ1v) is 15.7. The highest BCUT2D eigenvalue weighted by Gasteiger charge is 2.19. The van der Waals surface area contributed by atoms with E-state index in [1.807, 2.05) is 12.1 Å². The van der Waals surface area contributed by atoms with Crippen LogP contribution in [-0.2, 0) is 0 Å². The van der Waals surface area contributed by atoms with E-state index in [4.69, 9.17) is 4.42 Å². The SMILES string of the molecule is c1ccc(-c2cccc(-c3ccc(N(c4ccc5c(c4)oc4ccccc45)c4cc5ccccc5c5ccccc45)cc3)c2)cc1. The van der Waals surface area contributed by atoms with Gasteiger partial charge in [-0.2, -0.15) is 0 Å². The first kappa shape index (κ1) is 26.3. The molecule has 0 spiro atoms. The van der Waals surface area contributed by atoms with E-state index >= 15 is 0 Å². The third-order valence-corrected chi connectivity index (χ3v) is 9.04. The summed E-state index contributed by atoms with van der Waals surface area (Å²) < 4.78 is 6.37. The van der Waals surface area contributed by atoms with Crippen LogP contribution in [0.4, 0.5) is 17.1 Å². The molecule has 1 aromatic heterocycles. The zero-order chi connectivity index (χ0) is 30.5. The lowest BCUT2D eigenvalue weighted by Gasteiger charge is -2.27. The van der Waals surface area contributed by atoms with Gasteiger partial charge in [0.25, 0.3) is 0 Å². The Morgan fingerprint density at radius 2 is 0.913 bits per heavy atom. The Balaban J connectivity index is 1.22. The highest BCUT2D eigenvalue weighted by Crippen LogP contribution is 2.44. The molecule has 216 valence electrons. The molecule has 0 unspecified atom stereocenters. The van der Waals surface area contributed by atoms with Crippen LogP contribution in [0.1, 0.15) is 0 Å². The van der Waals surface area contributed by atoms with Crippen LogP contribution in [0, 0.1) is 0 Å². The minimum absolute atomic E-state index is 0.878. The number of anilines is 3. The molecule has 46 heavy (non-hydrogen) atoms. The maximum absolute atomic E-state index is 6.37. The Morgan fingerprint density at radius 3 is 1.72 bits per heavy atom. The van der Waals surface area contributed by atoms with Gasteiger partial charge >= 0.3 is 0 Å². The molecule has 2 nitrogen and oxygen atoms in total. The fourth-order valence-corrected chi connectivity index (χ4v) is 6.81. The van der Waals surface area contributed by atoms with Gasteiger partial charge < -0.3 is 9.32 Å². The second kappa shape index (κ2) is 10.8. The lowest BCUT2D eigenvalue weighted by atomic mass is 9.98. The maximum atomic E-state index is 6.37. The normalized spacial score (nSPS) is 11.5. The van der Waals surface area contributed by atoms with Gasteiger partial charge in [-0.05, 0) is 80.9 Å². The molecule has 0 saturated heterocycles. The Hall–Kier alpha value is -6.12. The summed E-state index contributed by atoms with van der Waals surface area (Å²) in [6.45, 7) is 0. The molecular weight excluding hydrogens is 558 g/mol. The quantitative estimate of drug-likeness (QED) is 0.186. The van der Waals surface area contributed by atoms with Crippen molar-refractivity contribution < 1.29 is 4.42 Å². The molecule has 1 heterocycles. The summed E-state index contributed by atoms with van der Waals surface area (Å²) >= 11 is 0. The lowest BCUT2D eigenvalue weighted by molar-refractivity contribution is 0.669. The van der Waals surface area contributed by atoms with Crippen LogP contribution in [0.3, 0.4) is 0 Å². The minimum Gasteiger partial charge on any atom is -0.456 e. The molecule has 0 aliphatic rings. The van der Waals surface area contributed by atoms with Crippen LogP contribution in [0.2, 0.25) is 0 Å². The van der Waals surface area contributed by atoms with Crippen molar-refractivity contribution >= 4 is 60.5 Å². The van der Waals surface area contributed by atoms with Crippen LogP contribution in [0.25, 0.3) is 65.7 Å². The third-order valence-electron chi connectivity index (χ3n) is 9.04. The molecule has 0 aliphatic heterocycles. The number of benzene rings is 8. The predicted octanol–water partition coefficient (Wildman–Crippen LogP) is 12.7. The van der Waals surface area contributed by atoms with Gasteiger partial charge in [0, 0.05) is 33.6 Å². The van der Waals surface area contributed by atoms with E-state index in [1.54, 1.807) is 0 Å². The van der Waals surface area contributed by atoms with E-state index in [-0.39, 0.29) is 0 Å².